The number of aliphatic hydroxyl groups excluding tert-OH is 1. The summed E-state index contributed by atoms with van der Waals surface area (Å²) in [5.74, 6) is -0.696. The van der Waals surface area contributed by atoms with Crippen LogP contribution in [0, 0.1) is 6.92 Å². The van der Waals surface area contributed by atoms with E-state index in [-0.39, 0.29) is 101 Å². The Kier molecular flexibility index (Phi) is 17.6. The number of aromatic nitrogens is 2. The summed E-state index contributed by atoms with van der Waals surface area (Å²) >= 11 is 0. The van der Waals surface area contributed by atoms with Crippen molar-refractivity contribution >= 4 is 22.0 Å². The number of aryl methyl sites for hydroxylation is 1. The third-order valence-electron chi connectivity index (χ3n) is 4.80. The predicted octanol–water partition coefficient (Wildman–Crippen LogP) is -15.0. The van der Waals surface area contributed by atoms with E-state index in [2.05, 4.69) is 9.98 Å². The molecule has 1 aromatic heterocycles. The number of hydrogen-bond acceptors (Lipinski definition) is 15. The summed E-state index contributed by atoms with van der Waals surface area (Å²) in [6.07, 6.45) is -4.80. The standard InChI is InChI=1S/C15H25N3O13P2.3Na/c1-8-6-18(13(21)17-12(8)20)11-5-9(19)10(31-11)7-30-14(22)16-4-2-3-15(23,32(24,25)26)33(27,28)29;;;/h6,9-11,19,23H,2-5,7H2,1H3,(H,16,22)(H,17,20,21)(H2,24,25,26)(H2,27,28,29);;;/q;3*+1/p-3/t9-,10+,11+;;;/m0.../s1. The molecular formula is C15H22N3Na3O13P2. The topological polar surface area (TPSA) is 282 Å². The van der Waals surface area contributed by atoms with Gasteiger partial charge in [-0.2, -0.15) is 0 Å². The second kappa shape index (κ2) is 16.0. The van der Waals surface area contributed by atoms with E-state index in [9.17, 15) is 39.9 Å². The SMILES string of the molecule is Cc1cn([C@H]2C[C@H](O)[C@@H](COC([O-])=NCCCC(O)([P+]([O-])([O-])O)[P+]([O-])(O)O)O2)c(=O)nc1[O-].[Na+].[Na+].[Na+]. The van der Waals surface area contributed by atoms with Gasteiger partial charge in [-0.25, -0.2) is 19.6 Å². The molecule has 1 aliphatic rings. The van der Waals surface area contributed by atoms with Gasteiger partial charge in [-0.3, -0.25) is 14.5 Å². The van der Waals surface area contributed by atoms with Crippen molar-refractivity contribution in [2.75, 3.05) is 13.2 Å². The van der Waals surface area contributed by atoms with E-state index in [0.29, 0.717) is 0 Å². The van der Waals surface area contributed by atoms with Gasteiger partial charge in [0, 0.05) is 25.8 Å². The third-order valence-corrected chi connectivity index (χ3v) is 8.63. The van der Waals surface area contributed by atoms with Crippen LogP contribution in [-0.2, 0) is 9.47 Å². The number of ether oxygens (including phenoxy) is 2. The van der Waals surface area contributed by atoms with Crippen molar-refractivity contribution in [3.8, 4) is 5.88 Å². The number of hydrogen-bond donors (Lipinski definition) is 5. The average molecular weight is 583 g/mol. The molecule has 16 nitrogen and oxygen atoms in total. The van der Waals surface area contributed by atoms with Crippen molar-refractivity contribution in [3.63, 3.8) is 0 Å². The van der Waals surface area contributed by atoms with E-state index in [1.165, 1.54) is 13.1 Å². The fraction of sp³-hybridized carbons (Fsp3) is 0.667. The molecule has 1 aliphatic heterocycles. The first-order chi connectivity index (χ1) is 15.1. The fourth-order valence-corrected chi connectivity index (χ4v) is 5.14. The minimum Gasteiger partial charge on any atom is -0.858 e. The first kappa shape index (κ1) is 39.6. The summed E-state index contributed by atoms with van der Waals surface area (Å²) in [5, 5.41) is 39.1. The number of rotatable bonds is 9. The van der Waals surface area contributed by atoms with Gasteiger partial charge >= 0.3 is 107 Å². The monoisotopic (exact) mass is 583 g/mol. The van der Waals surface area contributed by atoms with Crippen LogP contribution in [0.5, 0.6) is 5.88 Å². The van der Waals surface area contributed by atoms with E-state index >= 15 is 0 Å². The maximum Gasteiger partial charge on any atom is 1.00 e. The quantitative estimate of drug-likeness (QED) is 0.0593. The molecule has 0 aliphatic carbocycles. The summed E-state index contributed by atoms with van der Waals surface area (Å²) in [4.78, 5) is 78.9. The minimum absolute atomic E-state index is 0. The van der Waals surface area contributed by atoms with Crippen molar-refractivity contribution in [1.82, 2.24) is 9.55 Å². The van der Waals surface area contributed by atoms with Crippen LogP contribution >= 0.6 is 15.9 Å². The van der Waals surface area contributed by atoms with Crippen molar-refractivity contribution < 1.29 is 148 Å². The molecule has 0 spiro atoms. The van der Waals surface area contributed by atoms with Gasteiger partial charge in [-0.05, 0) is 24.8 Å². The zero-order valence-electron chi connectivity index (χ0n) is 20.1. The Labute approximate surface area is 272 Å². The Hall–Kier alpha value is 1.45. The first-order valence-electron chi connectivity index (χ1n) is 9.33. The average Bonchev–Trinajstić information content (AvgIpc) is 3.04. The molecule has 0 amide bonds. The molecule has 2 rings (SSSR count). The van der Waals surface area contributed by atoms with Gasteiger partial charge in [0.25, 0.3) is 0 Å². The molecule has 4 atom stereocenters. The Morgan fingerprint density at radius 3 is 2.42 bits per heavy atom. The van der Waals surface area contributed by atoms with Crippen LogP contribution in [0.1, 0.15) is 31.1 Å². The smallest absolute Gasteiger partial charge is 0.858 e. The summed E-state index contributed by atoms with van der Waals surface area (Å²) in [7, 11) is -11.5. The van der Waals surface area contributed by atoms with Crippen LogP contribution in [-0.4, -0.2) is 71.0 Å². The molecule has 0 saturated carbocycles. The number of aliphatic hydroxyl groups is 2. The van der Waals surface area contributed by atoms with Crippen LogP contribution in [0.2, 0.25) is 0 Å². The molecule has 1 unspecified atom stereocenters. The van der Waals surface area contributed by atoms with Gasteiger partial charge in [0.1, 0.15) is 20.3 Å². The summed E-state index contributed by atoms with van der Waals surface area (Å²) in [5.41, 5.74) is -0.697. The molecule has 2 heterocycles. The van der Waals surface area contributed by atoms with Crippen molar-refractivity contribution in [2.45, 2.75) is 49.7 Å². The largest absolute Gasteiger partial charge is 1.00 e. The Bertz CT molecular complexity index is 915. The van der Waals surface area contributed by atoms with Crippen molar-refractivity contribution in [2.24, 2.45) is 4.99 Å². The second-order valence-corrected chi connectivity index (χ2v) is 11.2. The zero-order chi connectivity index (χ0) is 25.2. The molecule has 21 heteroatoms. The third kappa shape index (κ3) is 10.1. The van der Waals surface area contributed by atoms with Gasteiger partial charge in [0.15, 0.2) is 0 Å². The van der Waals surface area contributed by atoms with E-state index in [1.807, 2.05) is 0 Å². The van der Waals surface area contributed by atoms with Gasteiger partial charge in [0.2, 0.25) is 0 Å². The molecule has 5 N–H and O–H groups in total. The summed E-state index contributed by atoms with van der Waals surface area (Å²) in [6.45, 7) is 0.438. The molecule has 1 aromatic rings. The van der Waals surface area contributed by atoms with Gasteiger partial charge in [-0.1, -0.05) is 0 Å². The van der Waals surface area contributed by atoms with E-state index < -0.39 is 83.1 Å². The van der Waals surface area contributed by atoms with Crippen LogP contribution in [0.3, 0.4) is 0 Å². The Balaban J connectivity index is 0. The Morgan fingerprint density at radius 1 is 1.31 bits per heavy atom. The maximum absolute atomic E-state index is 11.9. The summed E-state index contributed by atoms with van der Waals surface area (Å²) in [6, 6.07) is 0. The first-order valence-corrected chi connectivity index (χ1v) is 12.5. The fourth-order valence-electron chi connectivity index (χ4n) is 2.93. The van der Waals surface area contributed by atoms with E-state index in [4.69, 9.17) is 24.2 Å². The summed E-state index contributed by atoms with van der Waals surface area (Å²) < 4.78 is 11.3. The molecule has 0 radical (unpaired) electrons. The predicted molar refractivity (Wildman–Crippen MR) is 100 cm³/mol. The van der Waals surface area contributed by atoms with E-state index in [1.54, 1.807) is 0 Å². The molecule has 0 bridgehead atoms. The zero-order valence-corrected chi connectivity index (χ0v) is 27.9. The molecular weight excluding hydrogens is 561 g/mol. The molecule has 36 heavy (non-hydrogen) atoms. The van der Waals surface area contributed by atoms with E-state index in [0.717, 1.165) is 4.57 Å². The molecule has 1 saturated heterocycles. The van der Waals surface area contributed by atoms with Gasteiger partial charge in [0.05, 0.1) is 18.6 Å². The van der Waals surface area contributed by atoms with Gasteiger partial charge < -0.3 is 44.6 Å². The molecule has 0 aromatic carbocycles. The number of nitrogens with zero attached hydrogens (tertiary/aromatic N) is 3. The minimum atomic E-state index is -5.85. The van der Waals surface area contributed by atoms with Crippen molar-refractivity contribution in [1.29, 1.82) is 0 Å². The second-order valence-electron chi connectivity index (χ2n) is 7.25. The van der Waals surface area contributed by atoms with Crippen LogP contribution in [0.25, 0.3) is 0 Å². The number of aliphatic imine (C=N–C) groups is 1. The van der Waals surface area contributed by atoms with Crippen molar-refractivity contribution in [3.05, 3.63) is 22.2 Å². The maximum atomic E-state index is 11.9. The normalized spacial score (nSPS) is 22.0. The molecule has 188 valence electrons. The van der Waals surface area contributed by atoms with Crippen LogP contribution < -0.4 is 119 Å². The Morgan fingerprint density at radius 2 is 1.89 bits per heavy atom. The van der Waals surface area contributed by atoms with Crippen LogP contribution in [0.15, 0.2) is 16.0 Å². The molecule has 1 fully saturated rings. The van der Waals surface area contributed by atoms with Gasteiger partial charge in [-0.15, -0.1) is 0 Å². The van der Waals surface area contributed by atoms with Crippen LogP contribution in [0.4, 0.5) is 0 Å².